The van der Waals surface area contributed by atoms with Gasteiger partial charge in [0.05, 0.1) is 0 Å². The van der Waals surface area contributed by atoms with Gasteiger partial charge in [0.2, 0.25) is 0 Å². The minimum atomic E-state index is -2.06. The molecule has 0 amide bonds. The molecular formula is C17H24FNSi. The Morgan fingerprint density at radius 3 is 2.15 bits per heavy atom. The van der Waals surface area contributed by atoms with Crippen LogP contribution in [-0.2, 0) is 6.04 Å². The summed E-state index contributed by atoms with van der Waals surface area (Å²) in [5.74, 6) is -0.191. The van der Waals surface area contributed by atoms with E-state index in [0.29, 0.717) is 0 Å². The van der Waals surface area contributed by atoms with Crippen LogP contribution in [0.1, 0.15) is 33.3 Å². The van der Waals surface area contributed by atoms with Crippen molar-refractivity contribution in [1.82, 2.24) is 0 Å². The van der Waals surface area contributed by atoms with Crippen molar-refractivity contribution >= 4 is 8.24 Å². The van der Waals surface area contributed by atoms with Gasteiger partial charge in [0.25, 0.3) is 0 Å². The molecule has 2 atom stereocenters. The third-order valence-electron chi connectivity index (χ3n) is 5.11. The van der Waals surface area contributed by atoms with E-state index in [0.717, 1.165) is 11.6 Å². The van der Waals surface area contributed by atoms with E-state index in [1.807, 2.05) is 12.1 Å². The van der Waals surface area contributed by atoms with Crippen molar-refractivity contribution in [2.75, 3.05) is 0 Å². The van der Waals surface area contributed by atoms with Crippen molar-refractivity contribution in [3.8, 4) is 0 Å². The monoisotopic (exact) mass is 289 g/mol. The average molecular weight is 289 g/mol. The number of halogens is 1. The Labute approximate surface area is 122 Å². The first kappa shape index (κ1) is 15.2. The fourth-order valence-corrected chi connectivity index (χ4v) is 6.18. The predicted molar refractivity (Wildman–Crippen MR) is 86.4 cm³/mol. The maximum absolute atomic E-state index is 13.0. The van der Waals surface area contributed by atoms with Crippen LogP contribution >= 0.6 is 0 Å². The summed E-state index contributed by atoms with van der Waals surface area (Å²) in [6.45, 7) is 11.0. The van der Waals surface area contributed by atoms with Crippen LogP contribution in [0.3, 0.4) is 0 Å². The molecule has 0 heterocycles. The Balaban J connectivity index is 2.34. The fourth-order valence-electron chi connectivity index (χ4n) is 3.14. The van der Waals surface area contributed by atoms with Gasteiger partial charge in [-0.1, -0.05) is 42.8 Å². The van der Waals surface area contributed by atoms with Crippen molar-refractivity contribution in [2.45, 2.75) is 45.3 Å². The summed E-state index contributed by atoms with van der Waals surface area (Å²) in [6.07, 6.45) is 2.34. The number of nitrogens with two attached hydrogens (primary N) is 1. The van der Waals surface area contributed by atoms with Crippen molar-refractivity contribution in [3.63, 3.8) is 0 Å². The lowest BCUT2D eigenvalue weighted by Gasteiger charge is -2.40. The first-order valence-corrected chi connectivity index (χ1v) is 9.87. The molecule has 0 fully saturated rings. The van der Waals surface area contributed by atoms with Gasteiger partial charge in [-0.3, -0.25) is 0 Å². The SMILES string of the molecule is CC1=CC(C)([Si](C)(N)Cc2ccc(F)cc2)C(C)=C1C. The van der Waals surface area contributed by atoms with E-state index in [1.54, 1.807) is 0 Å². The topological polar surface area (TPSA) is 26.0 Å². The van der Waals surface area contributed by atoms with Crippen LogP contribution in [0.4, 0.5) is 4.39 Å². The molecule has 2 unspecified atom stereocenters. The standard InChI is InChI=1S/C17H24FNSi/c1-12-10-17(4,14(3)13(12)2)20(5,19)11-15-6-8-16(18)9-7-15/h6-10H,11,19H2,1-5H3. The summed E-state index contributed by atoms with van der Waals surface area (Å²) >= 11 is 0. The highest BCUT2D eigenvalue weighted by Crippen LogP contribution is 2.52. The first-order chi connectivity index (χ1) is 9.17. The van der Waals surface area contributed by atoms with Gasteiger partial charge in [0.1, 0.15) is 14.1 Å². The molecule has 20 heavy (non-hydrogen) atoms. The summed E-state index contributed by atoms with van der Waals surface area (Å²) in [5, 5.41) is 6.79. The van der Waals surface area contributed by atoms with Crippen LogP contribution in [-0.4, -0.2) is 8.24 Å². The van der Waals surface area contributed by atoms with E-state index >= 15 is 0 Å². The molecule has 1 aromatic carbocycles. The first-order valence-electron chi connectivity index (χ1n) is 7.08. The summed E-state index contributed by atoms with van der Waals surface area (Å²) in [6, 6.07) is 7.61. The molecule has 2 N–H and O–H groups in total. The largest absolute Gasteiger partial charge is 0.350 e. The van der Waals surface area contributed by atoms with Crippen LogP contribution in [0.5, 0.6) is 0 Å². The lowest BCUT2D eigenvalue weighted by atomic mass is 10.0. The highest BCUT2D eigenvalue weighted by Gasteiger charge is 2.46. The third kappa shape index (κ3) is 2.40. The number of hydrogen-bond donors (Lipinski definition) is 1. The van der Waals surface area contributed by atoms with Crippen LogP contribution in [0.15, 0.2) is 47.1 Å². The highest BCUT2D eigenvalue weighted by atomic mass is 28.3. The van der Waals surface area contributed by atoms with E-state index in [-0.39, 0.29) is 10.9 Å². The van der Waals surface area contributed by atoms with Gasteiger partial charge in [0.15, 0.2) is 0 Å². The van der Waals surface area contributed by atoms with Crippen molar-refractivity contribution in [3.05, 3.63) is 58.4 Å². The molecule has 0 aliphatic heterocycles. The van der Waals surface area contributed by atoms with Gasteiger partial charge in [-0.05, 0) is 50.1 Å². The zero-order valence-corrected chi connectivity index (χ0v) is 14.0. The number of hydrogen-bond acceptors (Lipinski definition) is 1. The normalized spacial score (nSPS) is 25.6. The molecule has 1 aliphatic carbocycles. The second-order valence-electron chi connectivity index (χ2n) is 6.50. The number of benzene rings is 1. The van der Waals surface area contributed by atoms with Gasteiger partial charge in [0, 0.05) is 5.04 Å². The van der Waals surface area contributed by atoms with Gasteiger partial charge >= 0.3 is 0 Å². The van der Waals surface area contributed by atoms with Crippen molar-refractivity contribution < 1.29 is 4.39 Å². The number of rotatable bonds is 3. The summed E-state index contributed by atoms with van der Waals surface area (Å²) < 4.78 is 13.0. The maximum Gasteiger partial charge on any atom is 0.138 e. The van der Waals surface area contributed by atoms with Crippen LogP contribution < -0.4 is 5.40 Å². The Bertz CT molecular complexity index is 584. The Morgan fingerprint density at radius 1 is 1.15 bits per heavy atom. The lowest BCUT2D eigenvalue weighted by Crippen LogP contribution is -2.54. The van der Waals surface area contributed by atoms with E-state index < -0.39 is 8.24 Å². The Morgan fingerprint density at radius 2 is 1.70 bits per heavy atom. The van der Waals surface area contributed by atoms with Crippen molar-refractivity contribution in [1.29, 1.82) is 0 Å². The maximum atomic E-state index is 13.0. The van der Waals surface area contributed by atoms with Gasteiger partial charge in [-0.25, -0.2) is 4.39 Å². The predicted octanol–water partition coefficient (Wildman–Crippen LogP) is 4.50. The molecule has 1 nitrogen and oxygen atoms in total. The van der Waals surface area contributed by atoms with Gasteiger partial charge in [-0.2, -0.15) is 0 Å². The Hall–Kier alpha value is -1.19. The van der Waals surface area contributed by atoms with E-state index in [2.05, 4.69) is 40.3 Å². The Kier molecular flexibility index (Phi) is 3.78. The summed E-state index contributed by atoms with van der Waals surface area (Å²) in [7, 11) is -2.06. The molecule has 0 bridgehead atoms. The van der Waals surface area contributed by atoms with Crippen LogP contribution in [0.25, 0.3) is 0 Å². The molecule has 0 aromatic heterocycles. The second kappa shape index (κ2) is 4.97. The van der Waals surface area contributed by atoms with Crippen molar-refractivity contribution in [2.24, 2.45) is 5.40 Å². The quantitative estimate of drug-likeness (QED) is 0.815. The number of allylic oxidation sites excluding steroid dienone is 4. The zero-order chi connectivity index (χ0) is 15.1. The van der Waals surface area contributed by atoms with E-state index in [4.69, 9.17) is 5.40 Å². The lowest BCUT2D eigenvalue weighted by molar-refractivity contribution is 0.627. The molecular weight excluding hydrogens is 265 g/mol. The second-order valence-corrected chi connectivity index (χ2v) is 10.7. The zero-order valence-electron chi connectivity index (χ0n) is 13.0. The molecule has 0 saturated heterocycles. The smallest absolute Gasteiger partial charge is 0.138 e. The van der Waals surface area contributed by atoms with Gasteiger partial charge < -0.3 is 5.40 Å². The van der Waals surface area contributed by atoms with E-state index in [9.17, 15) is 4.39 Å². The van der Waals surface area contributed by atoms with Gasteiger partial charge in [-0.15, -0.1) is 0 Å². The van der Waals surface area contributed by atoms with Crippen LogP contribution in [0.2, 0.25) is 11.6 Å². The molecule has 108 valence electrons. The minimum Gasteiger partial charge on any atom is -0.350 e. The summed E-state index contributed by atoms with van der Waals surface area (Å²) in [4.78, 5) is 0. The summed E-state index contributed by atoms with van der Waals surface area (Å²) in [5.41, 5.74) is 5.24. The average Bonchev–Trinajstić information content (AvgIpc) is 2.57. The molecule has 0 saturated carbocycles. The molecule has 1 aromatic rings. The minimum absolute atomic E-state index is 0.0183. The molecule has 1 aliphatic rings. The molecule has 0 spiro atoms. The third-order valence-corrected chi connectivity index (χ3v) is 9.14. The molecule has 2 rings (SSSR count). The molecule has 0 radical (unpaired) electrons. The van der Waals surface area contributed by atoms with E-state index in [1.165, 1.54) is 28.9 Å². The fraction of sp³-hybridized carbons (Fsp3) is 0.412. The highest BCUT2D eigenvalue weighted by molar-refractivity contribution is 6.79. The van der Waals surface area contributed by atoms with Crippen LogP contribution in [0, 0.1) is 5.82 Å². The molecule has 3 heteroatoms.